The van der Waals surface area contributed by atoms with Crippen molar-refractivity contribution in [3.05, 3.63) is 81.2 Å². The van der Waals surface area contributed by atoms with Gasteiger partial charge in [0.05, 0.1) is 12.4 Å². The summed E-state index contributed by atoms with van der Waals surface area (Å²) in [5.74, 6) is 0.843. The number of carbonyl (C=O) groups is 2. The molecule has 4 rings (SSSR count). The number of rotatable bonds is 10. The highest BCUT2D eigenvalue weighted by Gasteiger charge is 2.30. The fraction of sp³-hybridized carbons (Fsp3) is 0.333. The summed E-state index contributed by atoms with van der Waals surface area (Å²) in [5, 5.41) is 28.3. The molecule has 3 heterocycles. The minimum Gasteiger partial charge on any atom is -0.382 e. The molecule has 0 saturated carbocycles. The maximum atomic E-state index is 12.9. The Morgan fingerprint density at radius 2 is 1.98 bits per heavy atom. The van der Waals surface area contributed by atoms with Crippen LogP contribution < -0.4 is 21.9 Å². The van der Waals surface area contributed by atoms with E-state index < -0.39 is 6.04 Å². The Morgan fingerprint density at radius 1 is 1.23 bits per heavy atom. The number of fused-ring (bicyclic) bond motifs is 1. The summed E-state index contributed by atoms with van der Waals surface area (Å²) in [6.07, 6.45) is 9.67. The summed E-state index contributed by atoms with van der Waals surface area (Å²) in [7, 11) is 1.67. The highest BCUT2D eigenvalue weighted by Crippen LogP contribution is 2.24. The topological polar surface area (TPSA) is 193 Å². The monoisotopic (exact) mass is 603 g/mol. The van der Waals surface area contributed by atoms with Crippen LogP contribution in [0.1, 0.15) is 61.2 Å². The lowest BCUT2D eigenvalue weighted by molar-refractivity contribution is -0.124. The number of aldehydes is 1. The summed E-state index contributed by atoms with van der Waals surface area (Å²) in [4.78, 5) is 40.0. The van der Waals surface area contributed by atoms with Crippen molar-refractivity contribution < 1.29 is 9.59 Å². The highest BCUT2D eigenvalue weighted by atomic mass is 32.2. The van der Waals surface area contributed by atoms with Crippen LogP contribution in [-0.4, -0.2) is 55.6 Å². The molecular formula is C30H37N9O3S. The van der Waals surface area contributed by atoms with Crippen LogP contribution in [0.15, 0.2) is 53.1 Å². The molecular weight excluding hydrogens is 566 g/mol. The Labute approximate surface area is 254 Å². The number of nitrogens with one attached hydrogen (secondary N) is 4. The number of hydrogen-bond donors (Lipinski definition) is 5. The van der Waals surface area contributed by atoms with Gasteiger partial charge < -0.3 is 16.4 Å². The number of hydrogen-bond acceptors (Lipinski definition) is 11. The van der Waals surface area contributed by atoms with Gasteiger partial charge in [-0.15, -0.1) is 5.10 Å². The zero-order chi connectivity index (χ0) is 31.4. The summed E-state index contributed by atoms with van der Waals surface area (Å²) in [6.45, 7) is 4.44. The van der Waals surface area contributed by atoms with E-state index in [1.54, 1.807) is 25.4 Å². The van der Waals surface area contributed by atoms with Gasteiger partial charge in [-0.1, -0.05) is 49.2 Å². The first-order valence-electron chi connectivity index (χ1n) is 13.9. The average molecular weight is 604 g/mol. The molecule has 13 heteroatoms. The third-order valence-electron chi connectivity index (χ3n) is 6.76. The lowest BCUT2D eigenvalue weighted by Gasteiger charge is -2.16. The minimum atomic E-state index is -0.546. The van der Waals surface area contributed by atoms with Gasteiger partial charge in [0.2, 0.25) is 5.91 Å². The minimum absolute atomic E-state index is 0.145. The van der Waals surface area contributed by atoms with Crippen LogP contribution in [-0.2, 0) is 16.0 Å². The number of benzene rings is 1. The molecule has 1 atom stereocenters. The first kappa shape index (κ1) is 32.9. The number of unbranched alkanes of at least 4 members (excludes halogenated alkanes) is 1. The largest absolute Gasteiger partial charge is 0.382 e. The molecule has 12 nitrogen and oxygen atoms in total. The van der Waals surface area contributed by atoms with E-state index in [2.05, 4.69) is 32.7 Å². The lowest BCUT2D eigenvalue weighted by Crippen LogP contribution is -2.37. The van der Waals surface area contributed by atoms with Gasteiger partial charge in [-0.25, -0.2) is 4.98 Å². The van der Waals surface area contributed by atoms with Gasteiger partial charge in [0, 0.05) is 31.1 Å². The Hall–Kier alpha value is -4.65. The molecule has 6 N–H and O–H groups in total. The molecule has 43 heavy (non-hydrogen) atoms. The molecule has 1 aliphatic heterocycles. The SMILES string of the molecule is CCCC/C(=C\c1c(C)cnnc1N)CNC(=O)C1CCc2ncc(NC)c(=O)n21.N=C(C=O)SC(=N)c1ccccc1. The molecule has 1 aromatic carbocycles. The van der Waals surface area contributed by atoms with Crippen LogP contribution >= 0.6 is 11.8 Å². The van der Waals surface area contributed by atoms with E-state index in [4.69, 9.17) is 16.6 Å². The van der Waals surface area contributed by atoms with Gasteiger partial charge >= 0.3 is 0 Å². The summed E-state index contributed by atoms with van der Waals surface area (Å²) in [6, 6.07) is 8.48. The second kappa shape index (κ2) is 16.1. The summed E-state index contributed by atoms with van der Waals surface area (Å²) in [5.41, 5.74) is 9.71. The number of aryl methyl sites for hydroxylation is 2. The van der Waals surface area contributed by atoms with E-state index in [0.29, 0.717) is 43.0 Å². The van der Waals surface area contributed by atoms with Gasteiger partial charge in [0.15, 0.2) is 12.1 Å². The van der Waals surface area contributed by atoms with E-state index in [-0.39, 0.29) is 21.6 Å². The van der Waals surface area contributed by atoms with Gasteiger partial charge in [-0.05, 0) is 49.6 Å². The predicted octanol–water partition coefficient (Wildman–Crippen LogP) is 3.76. The molecule has 0 saturated heterocycles. The zero-order valence-corrected chi connectivity index (χ0v) is 25.3. The van der Waals surface area contributed by atoms with Gasteiger partial charge in [0.1, 0.15) is 27.6 Å². The zero-order valence-electron chi connectivity index (χ0n) is 24.5. The third kappa shape index (κ3) is 8.92. The quantitative estimate of drug-likeness (QED) is 0.130. The van der Waals surface area contributed by atoms with Crippen molar-refractivity contribution in [2.24, 2.45) is 0 Å². The molecule has 226 valence electrons. The molecule has 1 unspecified atom stereocenters. The molecule has 2 aromatic heterocycles. The van der Waals surface area contributed by atoms with Crippen LogP contribution in [0.3, 0.4) is 0 Å². The number of nitrogen functional groups attached to an aromatic ring is 1. The standard InChI is InChI=1S/C21H29N7O2.C9H8N2OS/c1-4-5-6-14(9-15-13(2)10-26-27-19(15)22)11-25-20(29)17-7-8-18-24-12-16(23-3)21(30)28(17)18;10-8(6-12)13-9(11)7-4-2-1-3-5-7/h9-10,12,17,23H,4-8,11H2,1-3H3,(H2,22,27)(H,25,29);1-6,10-11H/b14-9+;. The summed E-state index contributed by atoms with van der Waals surface area (Å²) >= 11 is 0.851. The molecule has 3 aromatic rings. The van der Waals surface area contributed by atoms with E-state index >= 15 is 0 Å². The smallest absolute Gasteiger partial charge is 0.277 e. The second-order valence-corrected chi connectivity index (χ2v) is 10.8. The van der Waals surface area contributed by atoms with Crippen LogP contribution in [0, 0.1) is 17.7 Å². The molecule has 0 aliphatic carbocycles. The summed E-state index contributed by atoms with van der Waals surface area (Å²) < 4.78 is 1.51. The molecule has 0 radical (unpaired) electrons. The average Bonchev–Trinajstić information content (AvgIpc) is 3.46. The fourth-order valence-electron chi connectivity index (χ4n) is 4.44. The van der Waals surface area contributed by atoms with Crippen molar-refractivity contribution in [3.63, 3.8) is 0 Å². The van der Waals surface area contributed by atoms with Crippen LogP contribution in [0.25, 0.3) is 6.08 Å². The van der Waals surface area contributed by atoms with Gasteiger partial charge in [0.25, 0.3) is 5.56 Å². The molecule has 0 bridgehead atoms. The van der Waals surface area contributed by atoms with E-state index in [0.717, 1.165) is 53.3 Å². The Bertz CT molecular complexity index is 1530. The predicted molar refractivity (Wildman–Crippen MR) is 172 cm³/mol. The van der Waals surface area contributed by atoms with Crippen molar-refractivity contribution in [1.82, 2.24) is 25.1 Å². The van der Waals surface area contributed by atoms with Gasteiger partial charge in [-0.3, -0.25) is 29.8 Å². The fourth-order valence-corrected chi connectivity index (χ4v) is 4.96. The second-order valence-electron chi connectivity index (χ2n) is 9.80. The molecule has 1 amide bonds. The first-order valence-corrected chi connectivity index (χ1v) is 14.7. The van der Waals surface area contributed by atoms with Crippen molar-refractivity contribution in [3.8, 4) is 0 Å². The number of carbonyl (C=O) groups excluding carboxylic acids is 2. The maximum Gasteiger partial charge on any atom is 0.277 e. The van der Waals surface area contributed by atoms with Crippen LogP contribution in [0.5, 0.6) is 0 Å². The number of thioether (sulfide) groups is 1. The van der Waals surface area contributed by atoms with Crippen molar-refractivity contribution in [2.45, 2.75) is 52.0 Å². The lowest BCUT2D eigenvalue weighted by atomic mass is 10.0. The van der Waals surface area contributed by atoms with E-state index in [9.17, 15) is 14.4 Å². The normalized spacial score (nSPS) is 13.7. The van der Waals surface area contributed by atoms with Crippen molar-refractivity contribution in [2.75, 3.05) is 24.6 Å². The Balaban J connectivity index is 0.000000326. The van der Waals surface area contributed by atoms with Crippen molar-refractivity contribution >= 4 is 51.6 Å². The van der Waals surface area contributed by atoms with Crippen molar-refractivity contribution in [1.29, 1.82) is 10.8 Å². The Morgan fingerprint density at radius 3 is 2.63 bits per heavy atom. The number of nitrogens with two attached hydrogens (primary N) is 1. The van der Waals surface area contributed by atoms with Gasteiger partial charge in [-0.2, -0.15) is 5.10 Å². The molecule has 0 spiro atoms. The van der Waals surface area contributed by atoms with E-state index in [1.807, 2.05) is 31.2 Å². The maximum absolute atomic E-state index is 12.9. The Kier molecular flexibility index (Phi) is 12.3. The number of anilines is 2. The number of aromatic nitrogens is 4. The van der Waals surface area contributed by atoms with Crippen LogP contribution in [0.4, 0.5) is 11.5 Å². The van der Waals surface area contributed by atoms with E-state index in [1.165, 1.54) is 10.8 Å². The number of amides is 1. The first-order chi connectivity index (χ1) is 20.7. The third-order valence-corrected chi connectivity index (χ3v) is 7.51. The van der Waals surface area contributed by atoms with Crippen LogP contribution in [0.2, 0.25) is 0 Å². The molecule has 1 aliphatic rings. The number of nitrogens with zero attached hydrogens (tertiary/aromatic N) is 4. The highest BCUT2D eigenvalue weighted by molar-refractivity contribution is 8.28. The molecule has 0 fully saturated rings.